The Morgan fingerprint density at radius 3 is 2.33 bits per heavy atom. The summed E-state index contributed by atoms with van der Waals surface area (Å²) < 4.78 is 27.4. The monoisotopic (exact) mass is 352 g/mol. The maximum absolute atomic E-state index is 12.9. The molecule has 0 amide bonds. The molecular formula is C14H25ClN2O2S2. The Kier molecular flexibility index (Phi) is 7.13. The van der Waals surface area contributed by atoms with Crippen LogP contribution in [-0.2, 0) is 15.9 Å². The van der Waals surface area contributed by atoms with Crippen LogP contribution in [-0.4, -0.2) is 51.4 Å². The van der Waals surface area contributed by atoms with Crippen LogP contribution in [0.3, 0.4) is 0 Å². The fourth-order valence-electron chi connectivity index (χ4n) is 2.01. The highest BCUT2D eigenvalue weighted by Gasteiger charge is 2.28. The van der Waals surface area contributed by atoms with Crippen LogP contribution in [0.1, 0.15) is 23.6 Å². The van der Waals surface area contributed by atoms with Gasteiger partial charge in [-0.05, 0) is 33.0 Å². The number of likely N-dealkylation sites (N-methyl/N-ethyl adjacent to an activating group) is 1. The first-order chi connectivity index (χ1) is 9.68. The van der Waals surface area contributed by atoms with E-state index in [2.05, 4.69) is 0 Å². The number of sulfonamides is 1. The second-order valence-corrected chi connectivity index (χ2v) is 9.34. The fraction of sp³-hybridized carbons (Fsp3) is 0.714. The first-order valence-corrected chi connectivity index (χ1v) is 9.77. The minimum absolute atomic E-state index is 0.286. The predicted octanol–water partition coefficient (Wildman–Crippen LogP) is 3.00. The number of rotatable bonds is 8. The highest BCUT2D eigenvalue weighted by atomic mass is 35.5. The number of alkyl halides is 1. The lowest BCUT2D eigenvalue weighted by molar-refractivity contribution is 0.312. The Labute approximate surface area is 137 Å². The number of hydrogen-bond donors (Lipinski definition) is 0. The van der Waals surface area contributed by atoms with Crippen molar-refractivity contribution in [2.24, 2.45) is 5.92 Å². The molecule has 0 aliphatic heterocycles. The van der Waals surface area contributed by atoms with E-state index in [4.69, 9.17) is 11.6 Å². The molecule has 0 spiro atoms. The molecule has 0 N–H and O–H groups in total. The van der Waals surface area contributed by atoms with E-state index >= 15 is 0 Å². The zero-order valence-electron chi connectivity index (χ0n) is 13.4. The van der Waals surface area contributed by atoms with Gasteiger partial charge in [0.15, 0.2) is 0 Å². The molecule has 0 aromatic carbocycles. The van der Waals surface area contributed by atoms with Crippen LogP contribution in [0.5, 0.6) is 0 Å². The largest absolute Gasteiger partial charge is 0.308 e. The third-order valence-electron chi connectivity index (χ3n) is 3.04. The van der Waals surface area contributed by atoms with Gasteiger partial charge in [-0.15, -0.1) is 22.9 Å². The number of halogens is 1. The average Bonchev–Trinajstić information content (AvgIpc) is 2.75. The molecule has 4 nitrogen and oxygen atoms in total. The van der Waals surface area contributed by atoms with Gasteiger partial charge in [0.25, 0.3) is 0 Å². The molecule has 21 heavy (non-hydrogen) atoms. The fourth-order valence-corrected chi connectivity index (χ4v) is 5.30. The predicted molar refractivity (Wildman–Crippen MR) is 90.8 cm³/mol. The van der Waals surface area contributed by atoms with Gasteiger partial charge in [-0.1, -0.05) is 13.8 Å². The summed E-state index contributed by atoms with van der Waals surface area (Å²) in [6.45, 7) is 7.64. The molecule has 1 aromatic rings. The van der Waals surface area contributed by atoms with E-state index in [-0.39, 0.29) is 5.92 Å². The van der Waals surface area contributed by atoms with E-state index in [0.717, 1.165) is 9.75 Å². The van der Waals surface area contributed by atoms with Crippen LogP contribution in [0.15, 0.2) is 11.0 Å². The highest BCUT2D eigenvalue weighted by Crippen LogP contribution is 2.29. The van der Waals surface area contributed by atoms with Gasteiger partial charge in [-0.2, -0.15) is 4.31 Å². The summed E-state index contributed by atoms with van der Waals surface area (Å²) in [4.78, 5) is 4.10. The number of nitrogens with zero attached hydrogens (tertiary/aromatic N) is 2. The van der Waals surface area contributed by atoms with Gasteiger partial charge >= 0.3 is 0 Å². The van der Waals surface area contributed by atoms with Gasteiger partial charge in [0.2, 0.25) is 10.0 Å². The van der Waals surface area contributed by atoms with Crippen molar-refractivity contribution >= 4 is 33.0 Å². The van der Waals surface area contributed by atoms with E-state index in [1.165, 1.54) is 11.3 Å². The lowest BCUT2D eigenvalue weighted by atomic mass is 10.2. The Morgan fingerprint density at radius 2 is 1.90 bits per heavy atom. The van der Waals surface area contributed by atoms with Gasteiger partial charge in [0.05, 0.1) is 10.8 Å². The summed E-state index contributed by atoms with van der Waals surface area (Å²) in [6.07, 6.45) is 0. The molecule has 0 unspecified atom stereocenters. The number of aryl methyl sites for hydroxylation is 1. The van der Waals surface area contributed by atoms with Crippen molar-refractivity contribution < 1.29 is 8.42 Å². The zero-order chi connectivity index (χ0) is 16.2. The Hall–Kier alpha value is -0.140. The zero-order valence-corrected chi connectivity index (χ0v) is 15.8. The Bertz CT molecular complexity index is 553. The summed E-state index contributed by atoms with van der Waals surface area (Å²) in [5.41, 5.74) is 0. The molecular weight excluding hydrogens is 328 g/mol. The Morgan fingerprint density at radius 1 is 1.29 bits per heavy atom. The molecule has 7 heteroatoms. The molecule has 0 radical (unpaired) electrons. The van der Waals surface area contributed by atoms with Crippen molar-refractivity contribution in [3.63, 3.8) is 0 Å². The molecule has 1 rings (SSSR count). The Balaban J connectivity index is 3.09. The summed E-state index contributed by atoms with van der Waals surface area (Å²) in [5.74, 6) is 0.636. The van der Waals surface area contributed by atoms with Gasteiger partial charge in [-0.3, -0.25) is 0 Å². The quantitative estimate of drug-likeness (QED) is 0.675. The van der Waals surface area contributed by atoms with Crippen molar-refractivity contribution in [1.29, 1.82) is 0 Å². The van der Waals surface area contributed by atoms with Crippen molar-refractivity contribution in [1.82, 2.24) is 9.21 Å². The van der Waals surface area contributed by atoms with Crippen molar-refractivity contribution in [2.75, 3.05) is 33.7 Å². The van der Waals surface area contributed by atoms with E-state index in [9.17, 15) is 8.42 Å². The third kappa shape index (κ3) is 5.21. The molecule has 1 heterocycles. The first kappa shape index (κ1) is 18.9. The lowest BCUT2D eigenvalue weighted by Gasteiger charge is -2.25. The summed E-state index contributed by atoms with van der Waals surface area (Å²) >= 11 is 7.28. The molecule has 122 valence electrons. The SMILES string of the molecule is Cc1sc(CCl)cc1S(=O)(=O)N(CCN(C)C)CC(C)C. The van der Waals surface area contributed by atoms with Crippen LogP contribution >= 0.6 is 22.9 Å². The lowest BCUT2D eigenvalue weighted by Crippen LogP contribution is -2.39. The van der Waals surface area contributed by atoms with Gasteiger partial charge in [0, 0.05) is 29.4 Å². The standard InChI is InChI=1S/C14H25ClN2O2S2/c1-11(2)10-17(7-6-16(4)5)21(18,19)14-8-13(9-15)20-12(14)3/h8,11H,6-7,9-10H2,1-5H3. The second kappa shape index (κ2) is 7.92. The molecule has 0 atom stereocenters. The number of hydrogen-bond acceptors (Lipinski definition) is 4. The molecule has 0 bridgehead atoms. The van der Waals surface area contributed by atoms with E-state index in [1.807, 2.05) is 39.8 Å². The van der Waals surface area contributed by atoms with Crippen molar-refractivity contribution in [2.45, 2.75) is 31.5 Å². The summed E-state index contributed by atoms with van der Waals surface area (Å²) in [6, 6.07) is 1.71. The molecule has 0 saturated heterocycles. The molecule has 0 saturated carbocycles. The van der Waals surface area contributed by atoms with Gasteiger partial charge in [-0.25, -0.2) is 8.42 Å². The minimum atomic E-state index is -3.45. The van der Waals surface area contributed by atoms with Gasteiger partial charge in [0.1, 0.15) is 0 Å². The van der Waals surface area contributed by atoms with E-state index < -0.39 is 10.0 Å². The maximum Gasteiger partial charge on any atom is 0.244 e. The molecule has 0 aliphatic carbocycles. The van der Waals surface area contributed by atoms with Crippen molar-refractivity contribution in [3.05, 3.63) is 15.8 Å². The van der Waals surface area contributed by atoms with E-state index in [0.29, 0.717) is 30.4 Å². The van der Waals surface area contributed by atoms with Crippen LogP contribution in [0.2, 0.25) is 0 Å². The topological polar surface area (TPSA) is 40.6 Å². The normalized spacial score (nSPS) is 12.8. The van der Waals surface area contributed by atoms with Crippen LogP contribution in [0.4, 0.5) is 0 Å². The molecule has 1 aromatic heterocycles. The summed E-state index contributed by atoms with van der Waals surface area (Å²) in [5, 5.41) is 0. The molecule has 0 fully saturated rings. The minimum Gasteiger partial charge on any atom is -0.308 e. The van der Waals surface area contributed by atoms with Crippen LogP contribution in [0.25, 0.3) is 0 Å². The maximum atomic E-state index is 12.9. The summed E-state index contributed by atoms with van der Waals surface area (Å²) in [7, 11) is 0.439. The highest BCUT2D eigenvalue weighted by molar-refractivity contribution is 7.89. The number of thiophene rings is 1. The van der Waals surface area contributed by atoms with Gasteiger partial charge < -0.3 is 4.90 Å². The smallest absolute Gasteiger partial charge is 0.244 e. The van der Waals surface area contributed by atoms with Crippen LogP contribution < -0.4 is 0 Å². The van der Waals surface area contributed by atoms with Crippen LogP contribution in [0, 0.1) is 12.8 Å². The van der Waals surface area contributed by atoms with Crippen molar-refractivity contribution in [3.8, 4) is 0 Å². The first-order valence-electron chi connectivity index (χ1n) is 6.98. The van der Waals surface area contributed by atoms with E-state index in [1.54, 1.807) is 10.4 Å². The third-order valence-corrected chi connectivity index (χ3v) is 6.66. The second-order valence-electron chi connectivity index (χ2n) is 5.83. The molecule has 0 aliphatic rings. The average molecular weight is 353 g/mol.